The zero-order chi connectivity index (χ0) is 25.8. The zero-order valence-corrected chi connectivity index (χ0v) is 21.5. The lowest BCUT2D eigenvalue weighted by atomic mass is 9.83. The fourth-order valence-corrected chi connectivity index (χ4v) is 6.68. The zero-order valence-electron chi connectivity index (χ0n) is 20.6. The molecule has 0 radical (unpaired) electrons. The van der Waals surface area contributed by atoms with E-state index in [0.717, 1.165) is 51.6 Å². The topological polar surface area (TPSA) is 43.6 Å². The maximum atomic E-state index is 14.1. The molecular formula is C32H23FN2O2S. The molecule has 0 saturated carbocycles. The van der Waals surface area contributed by atoms with Crippen molar-refractivity contribution in [3.05, 3.63) is 138 Å². The molecule has 0 unspecified atom stereocenters. The van der Waals surface area contributed by atoms with Crippen LogP contribution < -0.4 is 19.6 Å². The number of hydrogen-bond donors (Lipinski definition) is 0. The van der Waals surface area contributed by atoms with Gasteiger partial charge in [0.15, 0.2) is 4.80 Å². The molecule has 5 aromatic rings. The molecule has 0 N–H and O–H groups in total. The number of nitrogens with zero attached hydrogens (tertiary/aromatic N) is 2. The molecule has 0 saturated heterocycles. The smallest absolute Gasteiger partial charge is 0.271 e. The van der Waals surface area contributed by atoms with Crippen molar-refractivity contribution >= 4 is 33.9 Å². The van der Waals surface area contributed by atoms with Crippen LogP contribution in [0.3, 0.4) is 0 Å². The summed E-state index contributed by atoms with van der Waals surface area (Å²) in [6.07, 6.45) is 3.59. The maximum Gasteiger partial charge on any atom is 0.271 e. The number of halogens is 1. The Morgan fingerprint density at radius 2 is 1.76 bits per heavy atom. The molecule has 1 atom stereocenters. The number of hydrogen-bond acceptors (Lipinski definition) is 4. The Labute approximate surface area is 222 Å². The first-order chi connectivity index (χ1) is 18.6. The van der Waals surface area contributed by atoms with Crippen LogP contribution in [0.25, 0.3) is 22.5 Å². The quantitative estimate of drug-likeness (QED) is 0.311. The Bertz CT molecular complexity index is 1950. The molecule has 6 heteroatoms. The van der Waals surface area contributed by atoms with Gasteiger partial charge in [-0.3, -0.25) is 9.36 Å². The first-order valence-corrected chi connectivity index (χ1v) is 13.4. The minimum atomic E-state index is -0.341. The van der Waals surface area contributed by atoms with E-state index >= 15 is 0 Å². The van der Waals surface area contributed by atoms with Gasteiger partial charge < -0.3 is 4.74 Å². The number of thiazole rings is 1. The van der Waals surface area contributed by atoms with Crippen LogP contribution in [0.4, 0.5) is 4.39 Å². The van der Waals surface area contributed by atoms with Gasteiger partial charge in [-0.2, -0.15) is 0 Å². The largest absolute Gasteiger partial charge is 0.496 e. The standard InChI is InChI=1S/C32H23FN2O2S/c1-37-27-17-13-19-6-2-4-8-23(19)26(27)18-28-31(36)35-30(21-10-14-22(33)15-11-21)25-16-12-20-7-3-5-9-24(20)29(25)34-32(35)38-28/h2-11,13-15,17-18,30H,12,16H2,1H3/b28-18-/t30-/m1/s1. The molecule has 0 amide bonds. The predicted octanol–water partition coefficient (Wildman–Crippen LogP) is 5.62. The Kier molecular flexibility index (Phi) is 5.37. The van der Waals surface area contributed by atoms with E-state index in [4.69, 9.17) is 9.73 Å². The van der Waals surface area contributed by atoms with Crippen LogP contribution >= 0.6 is 11.3 Å². The van der Waals surface area contributed by atoms with Crippen molar-refractivity contribution in [2.75, 3.05) is 7.11 Å². The van der Waals surface area contributed by atoms with Crippen LogP contribution in [0.15, 0.2) is 100 Å². The molecule has 2 aliphatic rings. The van der Waals surface area contributed by atoms with Gasteiger partial charge in [-0.25, -0.2) is 9.38 Å². The highest BCUT2D eigenvalue weighted by atomic mass is 32.1. The molecule has 1 aliphatic heterocycles. The number of ether oxygens (including phenoxy) is 1. The molecular weight excluding hydrogens is 495 g/mol. The van der Waals surface area contributed by atoms with Crippen LogP contribution in [0.5, 0.6) is 5.75 Å². The third-order valence-corrected chi connectivity index (χ3v) is 8.47. The first-order valence-electron chi connectivity index (χ1n) is 12.6. The van der Waals surface area contributed by atoms with E-state index in [9.17, 15) is 9.18 Å². The molecule has 0 spiro atoms. The molecule has 1 aromatic heterocycles. The number of aryl methyl sites for hydroxylation is 1. The lowest BCUT2D eigenvalue weighted by Gasteiger charge is -2.30. The number of methoxy groups -OCH3 is 1. The molecule has 4 aromatic carbocycles. The highest BCUT2D eigenvalue weighted by molar-refractivity contribution is 7.07. The van der Waals surface area contributed by atoms with E-state index < -0.39 is 0 Å². The predicted molar refractivity (Wildman–Crippen MR) is 150 cm³/mol. The van der Waals surface area contributed by atoms with Crippen LogP contribution in [-0.4, -0.2) is 11.7 Å². The summed E-state index contributed by atoms with van der Waals surface area (Å²) in [6.45, 7) is 0. The third-order valence-electron chi connectivity index (χ3n) is 7.48. The van der Waals surface area contributed by atoms with Gasteiger partial charge in [0.2, 0.25) is 0 Å². The second kappa shape index (κ2) is 8.92. The van der Waals surface area contributed by atoms with Gasteiger partial charge in [-0.15, -0.1) is 0 Å². The minimum Gasteiger partial charge on any atom is -0.496 e. The second-order valence-corrected chi connectivity index (χ2v) is 10.6. The molecule has 38 heavy (non-hydrogen) atoms. The molecule has 0 fully saturated rings. The van der Waals surface area contributed by atoms with E-state index in [1.165, 1.54) is 29.0 Å². The summed E-state index contributed by atoms with van der Waals surface area (Å²) in [6, 6.07) is 26.5. The van der Waals surface area contributed by atoms with E-state index in [1.54, 1.807) is 23.8 Å². The average Bonchev–Trinajstić information content (AvgIpc) is 3.27. The molecule has 2 heterocycles. The summed E-state index contributed by atoms with van der Waals surface area (Å²) in [5.41, 5.74) is 6.02. The molecule has 4 nitrogen and oxygen atoms in total. The van der Waals surface area contributed by atoms with Crippen molar-refractivity contribution in [3.63, 3.8) is 0 Å². The normalized spacial score (nSPS) is 16.6. The van der Waals surface area contributed by atoms with Gasteiger partial charge >= 0.3 is 0 Å². The highest BCUT2D eigenvalue weighted by Gasteiger charge is 2.32. The summed E-state index contributed by atoms with van der Waals surface area (Å²) in [4.78, 5) is 19.8. The van der Waals surface area contributed by atoms with Crippen molar-refractivity contribution in [2.24, 2.45) is 4.99 Å². The number of aromatic nitrogens is 1. The van der Waals surface area contributed by atoms with E-state index in [1.807, 2.05) is 48.5 Å². The monoisotopic (exact) mass is 518 g/mol. The summed E-state index contributed by atoms with van der Waals surface area (Å²) < 4.78 is 21.9. The van der Waals surface area contributed by atoms with Gasteiger partial charge in [0.05, 0.1) is 23.4 Å². The minimum absolute atomic E-state index is 0.108. The fraction of sp³-hybridized carbons (Fsp3) is 0.125. The summed E-state index contributed by atoms with van der Waals surface area (Å²) in [7, 11) is 1.64. The summed E-state index contributed by atoms with van der Waals surface area (Å²) in [5, 5.41) is 2.09. The molecule has 1 aliphatic carbocycles. The average molecular weight is 519 g/mol. The Hall–Kier alpha value is -4.29. The third kappa shape index (κ3) is 3.56. The SMILES string of the molecule is COc1ccc2ccccc2c1/C=c1\sc2n(c1=O)[C@H](c1ccc(F)cc1)C1=C(N=2)c2ccccc2CC1. The maximum absolute atomic E-state index is 14.1. The van der Waals surface area contributed by atoms with Crippen molar-refractivity contribution in [1.82, 2.24) is 4.57 Å². The van der Waals surface area contributed by atoms with Gasteiger partial charge in [0, 0.05) is 11.1 Å². The van der Waals surface area contributed by atoms with Crippen molar-refractivity contribution in [1.29, 1.82) is 0 Å². The molecule has 7 rings (SSSR count). The lowest BCUT2D eigenvalue weighted by molar-refractivity contribution is 0.414. The second-order valence-electron chi connectivity index (χ2n) is 9.57. The van der Waals surface area contributed by atoms with E-state index in [2.05, 4.69) is 18.2 Å². The van der Waals surface area contributed by atoms with Crippen LogP contribution in [0.1, 0.15) is 34.7 Å². The molecule has 186 valence electrons. The first kappa shape index (κ1) is 22.9. The van der Waals surface area contributed by atoms with Gasteiger partial charge in [0.1, 0.15) is 11.6 Å². The Morgan fingerprint density at radius 3 is 2.61 bits per heavy atom. The van der Waals surface area contributed by atoms with Crippen LogP contribution in [0.2, 0.25) is 0 Å². The molecule has 0 bridgehead atoms. The number of fused-ring (bicyclic) bond motifs is 4. The summed E-state index contributed by atoms with van der Waals surface area (Å²) in [5.74, 6) is 0.408. The van der Waals surface area contributed by atoms with Crippen LogP contribution in [0, 0.1) is 5.82 Å². The number of benzene rings is 4. The lowest BCUT2D eigenvalue weighted by Crippen LogP contribution is -2.38. The van der Waals surface area contributed by atoms with Gasteiger partial charge in [-0.05, 0) is 64.6 Å². The van der Waals surface area contributed by atoms with Crippen LogP contribution in [-0.2, 0) is 6.42 Å². The summed E-state index contributed by atoms with van der Waals surface area (Å²) >= 11 is 1.38. The van der Waals surface area contributed by atoms with Gasteiger partial charge in [-0.1, -0.05) is 78.1 Å². The Morgan fingerprint density at radius 1 is 0.974 bits per heavy atom. The van der Waals surface area contributed by atoms with Gasteiger partial charge in [0.25, 0.3) is 5.56 Å². The van der Waals surface area contributed by atoms with E-state index in [-0.39, 0.29) is 17.4 Å². The number of allylic oxidation sites excluding steroid dienone is 1. The Balaban J connectivity index is 1.52. The van der Waals surface area contributed by atoms with Crippen molar-refractivity contribution < 1.29 is 9.13 Å². The highest BCUT2D eigenvalue weighted by Crippen LogP contribution is 2.41. The van der Waals surface area contributed by atoms with Crippen molar-refractivity contribution in [2.45, 2.75) is 18.9 Å². The fourth-order valence-electron chi connectivity index (χ4n) is 5.70. The number of rotatable bonds is 3. The van der Waals surface area contributed by atoms with E-state index in [0.29, 0.717) is 15.1 Å². The van der Waals surface area contributed by atoms with Crippen molar-refractivity contribution in [3.8, 4) is 5.75 Å².